The minimum Gasteiger partial charge on any atom is -0.443 e. The number of carbonyl (C=O) groups is 5. The normalized spacial score (nSPS) is 16.9. The van der Waals surface area contributed by atoms with Crippen LogP contribution in [0, 0.1) is 23.7 Å². The van der Waals surface area contributed by atoms with E-state index in [1.165, 1.54) is 30.1 Å². The lowest BCUT2D eigenvalue weighted by atomic mass is 9.91. The summed E-state index contributed by atoms with van der Waals surface area (Å²) in [5.41, 5.74) is 1.38. The summed E-state index contributed by atoms with van der Waals surface area (Å²) in [4.78, 5) is 68.1. The smallest absolute Gasteiger partial charge is 0.414 e. The molecule has 6 unspecified atom stereocenters. The third-order valence-electron chi connectivity index (χ3n) is 9.39. The van der Waals surface area contributed by atoms with Gasteiger partial charge in [0.1, 0.15) is 12.1 Å². The highest BCUT2D eigenvalue weighted by molar-refractivity contribution is 6.02. The maximum atomic E-state index is 14.0. The average Bonchev–Trinajstić information content (AvgIpc) is 3.64. The van der Waals surface area contributed by atoms with Crippen molar-refractivity contribution in [2.75, 3.05) is 31.7 Å². The number of amides is 5. The van der Waals surface area contributed by atoms with Crippen LogP contribution in [0.3, 0.4) is 0 Å². The van der Waals surface area contributed by atoms with Gasteiger partial charge in [-0.25, -0.2) is 4.79 Å². The van der Waals surface area contributed by atoms with Crippen LogP contribution in [0.4, 0.5) is 10.5 Å². The Morgan fingerprint density at radius 1 is 0.833 bits per heavy atom. The molecule has 1 aliphatic rings. The summed E-state index contributed by atoms with van der Waals surface area (Å²) >= 11 is 0. The number of nitrogens with one attached hydrogen (secondary N) is 4. The fraction of sp³-hybridized carbons (Fsp3) is 0.585. The zero-order valence-corrected chi connectivity index (χ0v) is 33.3. The number of carbonyl (C=O) groups excluding carboxylic acids is 5. The minimum absolute atomic E-state index is 0.0203. The van der Waals surface area contributed by atoms with Crippen LogP contribution in [0.5, 0.6) is 0 Å². The molecule has 1 fully saturated rings. The Bertz CT molecular complexity index is 1560. The first kappa shape index (κ1) is 43.9. The maximum absolute atomic E-state index is 14.0. The predicted octanol–water partition coefficient (Wildman–Crippen LogP) is 4.98. The Labute approximate surface area is 320 Å². The van der Waals surface area contributed by atoms with Crippen molar-refractivity contribution in [3.8, 4) is 0 Å². The Morgan fingerprint density at radius 2 is 1.46 bits per heavy atom. The van der Waals surface area contributed by atoms with E-state index in [2.05, 4.69) is 21.3 Å². The maximum Gasteiger partial charge on any atom is 0.414 e. The van der Waals surface area contributed by atoms with Gasteiger partial charge in [0, 0.05) is 42.7 Å². The number of aliphatic hydroxyl groups excluding tert-OH is 1. The van der Waals surface area contributed by atoms with Crippen molar-refractivity contribution < 1.29 is 38.6 Å². The number of nitrogens with zero attached hydrogens (tertiary/aromatic N) is 1. The number of benzene rings is 2. The lowest BCUT2D eigenvalue weighted by Crippen LogP contribution is -2.52. The van der Waals surface area contributed by atoms with Gasteiger partial charge in [-0.05, 0) is 61.3 Å². The van der Waals surface area contributed by atoms with E-state index in [0.717, 1.165) is 5.56 Å². The standard InChI is InChI=1S/C41H61N5O8/c1-24(2)17-34(35(47)18-27(7)37(48)45-36(26(5)6)40(51)42-22-25(3)4)44-39(50)31-19-30(38(49)43-28(8)29-13-11-10-12-14-29)20-32(21-31)46(9)41(52)54-33-15-16-53-23-33/h10-14,19-21,24-28,33-36,47H,15-18,22-23H2,1-9H3,(H,42,51)(H,43,49)(H,44,50)(H,45,48). The quantitative estimate of drug-likeness (QED) is 0.142. The SMILES string of the molecule is CC(C)CNC(=O)C(NC(=O)C(C)CC(O)C(CC(C)C)NC(=O)c1cc(C(=O)NC(C)c2ccccc2)cc(N(C)C(=O)OC2CCOC2)c1)C(C)C. The third-order valence-corrected chi connectivity index (χ3v) is 9.39. The van der Waals surface area contributed by atoms with Crippen LogP contribution in [-0.4, -0.2) is 85.9 Å². The minimum atomic E-state index is -1.12. The second-order valence-corrected chi connectivity index (χ2v) is 15.6. The molecular weight excluding hydrogens is 690 g/mol. The van der Waals surface area contributed by atoms with E-state index in [9.17, 15) is 29.1 Å². The highest BCUT2D eigenvalue weighted by atomic mass is 16.6. The van der Waals surface area contributed by atoms with Crippen LogP contribution in [0.2, 0.25) is 0 Å². The van der Waals surface area contributed by atoms with Gasteiger partial charge in [0.25, 0.3) is 11.8 Å². The lowest BCUT2D eigenvalue weighted by Gasteiger charge is -2.29. The van der Waals surface area contributed by atoms with E-state index in [-0.39, 0.29) is 58.8 Å². The molecule has 5 amide bonds. The Balaban J connectivity index is 1.83. The zero-order chi connectivity index (χ0) is 40.1. The molecule has 0 saturated carbocycles. The van der Waals surface area contributed by atoms with Gasteiger partial charge in [-0.1, -0.05) is 78.8 Å². The Hall–Kier alpha value is -4.49. The van der Waals surface area contributed by atoms with Gasteiger partial charge in [-0.3, -0.25) is 24.1 Å². The average molecular weight is 752 g/mol. The monoisotopic (exact) mass is 751 g/mol. The Kier molecular flexibility index (Phi) is 16.9. The molecule has 13 heteroatoms. The summed E-state index contributed by atoms with van der Waals surface area (Å²) in [7, 11) is 1.50. The molecule has 2 aromatic rings. The zero-order valence-electron chi connectivity index (χ0n) is 33.3. The number of aliphatic hydroxyl groups is 1. The second kappa shape index (κ2) is 20.8. The fourth-order valence-electron chi connectivity index (χ4n) is 6.06. The van der Waals surface area contributed by atoms with Gasteiger partial charge in [-0.2, -0.15) is 0 Å². The summed E-state index contributed by atoms with van der Waals surface area (Å²) in [6.45, 7) is 16.4. The van der Waals surface area contributed by atoms with Gasteiger partial charge < -0.3 is 35.8 Å². The molecule has 0 spiro atoms. The molecule has 1 saturated heterocycles. The van der Waals surface area contributed by atoms with Crippen molar-refractivity contribution in [3.05, 3.63) is 65.2 Å². The first-order valence-corrected chi connectivity index (χ1v) is 19.1. The second-order valence-electron chi connectivity index (χ2n) is 15.6. The van der Waals surface area contributed by atoms with Crippen LogP contribution in [0.25, 0.3) is 0 Å². The van der Waals surface area contributed by atoms with E-state index >= 15 is 0 Å². The molecule has 0 radical (unpaired) electrons. The molecule has 0 aliphatic carbocycles. The van der Waals surface area contributed by atoms with E-state index in [0.29, 0.717) is 32.6 Å². The molecule has 5 N–H and O–H groups in total. The number of hydrogen-bond donors (Lipinski definition) is 5. The first-order valence-electron chi connectivity index (χ1n) is 19.1. The third kappa shape index (κ3) is 13.4. The van der Waals surface area contributed by atoms with Gasteiger partial charge in [0.05, 0.1) is 31.4 Å². The number of ether oxygens (including phenoxy) is 2. The first-order chi connectivity index (χ1) is 25.5. The van der Waals surface area contributed by atoms with E-state index < -0.39 is 48.1 Å². The molecule has 1 aliphatic heterocycles. The highest BCUT2D eigenvalue weighted by Gasteiger charge is 2.31. The Morgan fingerprint density at radius 3 is 2.02 bits per heavy atom. The molecule has 2 aromatic carbocycles. The van der Waals surface area contributed by atoms with E-state index in [4.69, 9.17) is 9.47 Å². The number of rotatable bonds is 18. The summed E-state index contributed by atoms with van der Waals surface area (Å²) < 4.78 is 10.9. The van der Waals surface area contributed by atoms with E-state index in [1.807, 2.05) is 78.8 Å². The van der Waals surface area contributed by atoms with Crippen LogP contribution >= 0.6 is 0 Å². The highest BCUT2D eigenvalue weighted by Crippen LogP contribution is 2.23. The van der Waals surface area contributed by atoms with Crippen molar-refractivity contribution in [2.45, 2.75) is 105 Å². The topological polar surface area (TPSA) is 175 Å². The van der Waals surface area contributed by atoms with Crippen LogP contribution < -0.4 is 26.2 Å². The molecule has 0 bridgehead atoms. The van der Waals surface area contributed by atoms with Crippen molar-refractivity contribution in [2.24, 2.45) is 23.7 Å². The largest absolute Gasteiger partial charge is 0.443 e. The van der Waals surface area contributed by atoms with Crippen molar-refractivity contribution in [1.29, 1.82) is 0 Å². The summed E-state index contributed by atoms with van der Waals surface area (Å²) in [5.74, 6) is -2.19. The van der Waals surface area contributed by atoms with Crippen LogP contribution in [-0.2, 0) is 19.1 Å². The molecule has 6 atom stereocenters. The van der Waals surface area contributed by atoms with Crippen molar-refractivity contribution >= 4 is 35.4 Å². The van der Waals surface area contributed by atoms with Gasteiger partial charge in [0.2, 0.25) is 11.8 Å². The summed E-state index contributed by atoms with van der Waals surface area (Å²) in [5, 5.41) is 23.1. The molecular formula is C41H61N5O8. The van der Waals surface area contributed by atoms with Crippen molar-refractivity contribution in [1.82, 2.24) is 21.3 Å². The molecule has 298 valence electrons. The van der Waals surface area contributed by atoms with Crippen LogP contribution in [0.15, 0.2) is 48.5 Å². The summed E-state index contributed by atoms with van der Waals surface area (Å²) in [6.07, 6.45) is -1.20. The van der Waals surface area contributed by atoms with Gasteiger partial charge in [0.15, 0.2) is 0 Å². The molecule has 3 rings (SSSR count). The molecule has 0 aromatic heterocycles. The fourth-order valence-corrected chi connectivity index (χ4v) is 6.06. The predicted molar refractivity (Wildman–Crippen MR) is 208 cm³/mol. The summed E-state index contributed by atoms with van der Waals surface area (Å²) in [6, 6.07) is 12.0. The lowest BCUT2D eigenvalue weighted by molar-refractivity contribution is -0.132. The van der Waals surface area contributed by atoms with E-state index in [1.54, 1.807) is 6.92 Å². The number of anilines is 1. The molecule has 54 heavy (non-hydrogen) atoms. The van der Waals surface area contributed by atoms with Crippen LogP contribution in [0.1, 0.15) is 107 Å². The van der Waals surface area contributed by atoms with Gasteiger partial charge >= 0.3 is 6.09 Å². The van der Waals surface area contributed by atoms with Gasteiger partial charge in [-0.15, -0.1) is 0 Å². The van der Waals surface area contributed by atoms with Crippen molar-refractivity contribution in [3.63, 3.8) is 0 Å². The molecule has 13 nitrogen and oxygen atoms in total. The number of hydrogen-bond acceptors (Lipinski definition) is 8. The molecule has 1 heterocycles.